The van der Waals surface area contributed by atoms with E-state index < -0.39 is 13.9 Å². The number of hydrogen-bond acceptors (Lipinski definition) is 7. The minimum Gasteiger partial charge on any atom is -0.457 e. The molecule has 8 nitrogen and oxygen atoms in total. The first-order valence-electron chi connectivity index (χ1n) is 24.2. The van der Waals surface area contributed by atoms with E-state index in [1.807, 2.05) is 0 Å². The Morgan fingerprint density at radius 3 is 1.30 bits per heavy atom. The van der Waals surface area contributed by atoms with Gasteiger partial charge in [0.25, 0.3) is 0 Å². The van der Waals surface area contributed by atoms with Crippen molar-refractivity contribution >= 4 is 13.8 Å². The summed E-state index contributed by atoms with van der Waals surface area (Å²) in [5.41, 5.74) is 5.37. The van der Waals surface area contributed by atoms with E-state index in [0.29, 0.717) is 13.0 Å². The van der Waals surface area contributed by atoms with Crippen LogP contribution in [-0.2, 0) is 27.9 Å². The number of ether oxygens (including phenoxy) is 2. The van der Waals surface area contributed by atoms with Crippen molar-refractivity contribution in [3.8, 4) is 0 Å². The van der Waals surface area contributed by atoms with Crippen LogP contribution < -0.4 is 5.73 Å². The highest BCUT2D eigenvalue weighted by atomic mass is 31.2. The van der Waals surface area contributed by atoms with Gasteiger partial charge in [-0.25, -0.2) is 4.57 Å². The number of carbonyl (C=O) groups is 1. The monoisotopic (exact) mass is 816 g/mol. The lowest BCUT2D eigenvalue weighted by Gasteiger charge is -2.20. The van der Waals surface area contributed by atoms with Crippen molar-refractivity contribution < 1.29 is 32.8 Å². The topological polar surface area (TPSA) is 117 Å². The van der Waals surface area contributed by atoms with Crippen molar-refractivity contribution in [1.29, 1.82) is 0 Å². The van der Waals surface area contributed by atoms with E-state index in [1.54, 1.807) is 0 Å². The first-order chi connectivity index (χ1) is 27.4. The molecule has 2 unspecified atom stereocenters. The quantitative estimate of drug-likeness (QED) is 0.0270. The first-order valence-corrected chi connectivity index (χ1v) is 25.7. The number of esters is 1. The largest absolute Gasteiger partial charge is 0.472 e. The lowest BCUT2D eigenvalue weighted by atomic mass is 10.0. The molecule has 0 aromatic heterocycles. The Morgan fingerprint density at radius 2 is 0.893 bits per heavy atom. The third-order valence-corrected chi connectivity index (χ3v) is 11.7. The van der Waals surface area contributed by atoms with Gasteiger partial charge in [-0.15, -0.1) is 0 Å². The minimum atomic E-state index is -4.27. The molecule has 0 aliphatic rings. The predicted octanol–water partition coefficient (Wildman–Crippen LogP) is 14.6. The van der Waals surface area contributed by atoms with E-state index in [0.717, 1.165) is 32.1 Å². The highest BCUT2D eigenvalue weighted by Gasteiger charge is 2.25. The van der Waals surface area contributed by atoms with Crippen LogP contribution in [-0.4, -0.2) is 49.9 Å². The molecule has 0 rings (SSSR count). The zero-order chi connectivity index (χ0) is 40.9. The van der Waals surface area contributed by atoms with Gasteiger partial charge in [-0.1, -0.05) is 212 Å². The Kier molecular flexibility index (Phi) is 44.7. The van der Waals surface area contributed by atoms with Gasteiger partial charge in [0.15, 0.2) is 0 Å². The van der Waals surface area contributed by atoms with E-state index in [2.05, 4.69) is 26.0 Å². The van der Waals surface area contributed by atoms with E-state index in [1.165, 1.54) is 193 Å². The lowest BCUT2D eigenvalue weighted by molar-refractivity contribution is -0.154. The van der Waals surface area contributed by atoms with Gasteiger partial charge in [0.05, 0.1) is 19.8 Å². The van der Waals surface area contributed by atoms with Gasteiger partial charge in [-0.05, 0) is 38.5 Å². The van der Waals surface area contributed by atoms with Crippen LogP contribution >= 0.6 is 7.82 Å². The normalized spacial score (nSPS) is 13.4. The Labute approximate surface area is 347 Å². The summed E-state index contributed by atoms with van der Waals surface area (Å²) >= 11 is 0. The van der Waals surface area contributed by atoms with E-state index >= 15 is 0 Å². The average Bonchev–Trinajstić information content (AvgIpc) is 3.19. The molecule has 0 spiro atoms. The molecular weight excluding hydrogens is 721 g/mol. The zero-order valence-corrected chi connectivity index (χ0v) is 38.0. The van der Waals surface area contributed by atoms with Crippen LogP contribution in [0.5, 0.6) is 0 Å². The molecule has 56 heavy (non-hydrogen) atoms. The fourth-order valence-electron chi connectivity index (χ4n) is 7.11. The van der Waals surface area contributed by atoms with Crippen molar-refractivity contribution in [2.45, 2.75) is 251 Å². The summed E-state index contributed by atoms with van der Waals surface area (Å²) in [6.07, 6.45) is 49.7. The number of hydrogen-bond donors (Lipinski definition) is 2. The maximum Gasteiger partial charge on any atom is 0.472 e. The molecule has 0 aromatic rings. The number of carbonyl (C=O) groups excluding carboxylic acids is 1. The number of phosphoric acid groups is 1. The fraction of sp³-hybridized carbons (Fsp3) is 0.936. The van der Waals surface area contributed by atoms with E-state index in [-0.39, 0.29) is 32.3 Å². The molecule has 0 bridgehead atoms. The van der Waals surface area contributed by atoms with E-state index in [9.17, 15) is 14.3 Å². The number of nitrogens with two attached hydrogens (primary N) is 1. The van der Waals surface area contributed by atoms with Gasteiger partial charge in [0.1, 0.15) is 6.10 Å². The second-order valence-corrected chi connectivity index (χ2v) is 17.8. The summed E-state index contributed by atoms with van der Waals surface area (Å²) in [5, 5.41) is 0. The zero-order valence-electron chi connectivity index (χ0n) is 37.1. The third kappa shape index (κ3) is 44.3. The van der Waals surface area contributed by atoms with Gasteiger partial charge in [0, 0.05) is 19.6 Å². The van der Waals surface area contributed by atoms with Crippen LogP contribution in [0.1, 0.15) is 245 Å². The number of unbranched alkanes of at least 4 members (excludes halogenated alkanes) is 32. The van der Waals surface area contributed by atoms with Gasteiger partial charge >= 0.3 is 13.8 Å². The highest BCUT2D eigenvalue weighted by molar-refractivity contribution is 7.47. The molecule has 0 amide bonds. The summed E-state index contributed by atoms with van der Waals surface area (Å²) < 4.78 is 33.5. The van der Waals surface area contributed by atoms with E-state index in [4.69, 9.17) is 24.3 Å². The van der Waals surface area contributed by atoms with Crippen molar-refractivity contribution in [3.05, 3.63) is 12.2 Å². The molecule has 0 aliphatic carbocycles. The van der Waals surface area contributed by atoms with Crippen molar-refractivity contribution in [1.82, 2.24) is 0 Å². The van der Waals surface area contributed by atoms with Crippen LogP contribution in [0.15, 0.2) is 12.2 Å². The van der Waals surface area contributed by atoms with Crippen molar-refractivity contribution in [2.24, 2.45) is 5.73 Å². The molecule has 0 fully saturated rings. The van der Waals surface area contributed by atoms with Crippen LogP contribution in [0.4, 0.5) is 0 Å². The smallest absolute Gasteiger partial charge is 0.457 e. The molecule has 0 heterocycles. The molecule has 2 atom stereocenters. The van der Waals surface area contributed by atoms with Crippen LogP contribution in [0.3, 0.4) is 0 Å². The fourth-order valence-corrected chi connectivity index (χ4v) is 7.88. The maximum atomic E-state index is 12.6. The van der Waals surface area contributed by atoms with Gasteiger partial charge in [-0.2, -0.15) is 0 Å². The molecule has 0 aromatic carbocycles. The first kappa shape index (κ1) is 55.2. The van der Waals surface area contributed by atoms with Crippen molar-refractivity contribution in [3.63, 3.8) is 0 Å². The molecule has 0 saturated heterocycles. The summed E-state index contributed by atoms with van der Waals surface area (Å²) in [6, 6.07) is 0. The summed E-state index contributed by atoms with van der Waals surface area (Å²) in [4.78, 5) is 22.4. The highest BCUT2D eigenvalue weighted by Crippen LogP contribution is 2.43. The van der Waals surface area contributed by atoms with Crippen LogP contribution in [0.25, 0.3) is 0 Å². The Morgan fingerprint density at radius 1 is 0.518 bits per heavy atom. The Balaban J connectivity index is 3.81. The van der Waals surface area contributed by atoms with Crippen LogP contribution in [0.2, 0.25) is 0 Å². The minimum absolute atomic E-state index is 0.0916. The maximum absolute atomic E-state index is 12.6. The number of allylic oxidation sites excluding steroid dienone is 2. The molecule has 0 radical (unpaired) electrons. The molecule has 9 heteroatoms. The Bertz CT molecular complexity index is 873. The molecule has 3 N–H and O–H groups in total. The summed E-state index contributed by atoms with van der Waals surface area (Å²) in [7, 11) is -4.27. The summed E-state index contributed by atoms with van der Waals surface area (Å²) in [6.45, 7) is 4.96. The molecule has 0 saturated carbocycles. The molecule has 0 aliphatic heterocycles. The molecular formula is C47H94NO7P. The third-order valence-electron chi connectivity index (χ3n) is 10.7. The van der Waals surface area contributed by atoms with Gasteiger partial charge < -0.3 is 20.1 Å². The SMILES string of the molecule is CCCCCCCCCC/C=C\CCCCCCCCCCCCCCCCOCC(COP(=O)(O)OCCN)OC(=O)CCCCCCCCCCCCC. The van der Waals surface area contributed by atoms with Gasteiger partial charge in [-0.3, -0.25) is 13.8 Å². The number of phosphoric ester groups is 1. The van der Waals surface area contributed by atoms with Crippen LogP contribution in [0, 0.1) is 0 Å². The summed E-state index contributed by atoms with van der Waals surface area (Å²) in [5.74, 6) is -0.327. The van der Waals surface area contributed by atoms with Crippen molar-refractivity contribution in [2.75, 3.05) is 33.0 Å². The van der Waals surface area contributed by atoms with Gasteiger partial charge in [0.2, 0.25) is 0 Å². The molecule has 334 valence electrons. The lowest BCUT2D eigenvalue weighted by Crippen LogP contribution is -2.28. The second-order valence-electron chi connectivity index (χ2n) is 16.3. The standard InChI is InChI=1S/C47H94NO7P/c1-3-5-7-9-11-13-15-16-17-18-19-20-21-22-23-24-25-26-27-28-29-31-33-35-37-39-42-52-44-46(45-54-56(50,51)53-43-41-48)55-47(49)40-38-36-34-32-30-14-12-10-8-6-4-2/h18-19,46H,3-17,20-45,48H2,1-2H3,(H,50,51)/b19-18-. The second kappa shape index (κ2) is 45.3. The average molecular weight is 816 g/mol. The Hall–Kier alpha value is -0.760. The predicted molar refractivity (Wildman–Crippen MR) is 238 cm³/mol. The number of rotatable bonds is 47.